The van der Waals surface area contributed by atoms with E-state index in [4.69, 9.17) is 5.73 Å². The van der Waals surface area contributed by atoms with Crippen molar-refractivity contribution in [1.82, 2.24) is 15.1 Å². The molecule has 1 aliphatic rings. The van der Waals surface area contributed by atoms with E-state index in [1.54, 1.807) is 0 Å². The highest BCUT2D eigenvalue weighted by molar-refractivity contribution is 5.80. The average Bonchev–Trinajstić information content (AvgIpc) is 3.04. The van der Waals surface area contributed by atoms with E-state index in [1.165, 1.54) is 0 Å². The molecule has 2 atom stereocenters. The Kier molecular flexibility index (Phi) is 5.00. The number of benzene rings is 1. The highest BCUT2D eigenvalue weighted by atomic mass is 16.1. The van der Waals surface area contributed by atoms with Gasteiger partial charge in [-0.3, -0.25) is 4.79 Å². The van der Waals surface area contributed by atoms with Crippen LogP contribution in [0.1, 0.15) is 38.2 Å². The van der Waals surface area contributed by atoms with Crippen LogP contribution in [-0.4, -0.2) is 27.8 Å². The van der Waals surface area contributed by atoms with E-state index in [0.29, 0.717) is 6.54 Å². The van der Waals surface area contributed by atoms with Crippen LogP contribution in [0.15, 0.2) is 42.7 Å². The minimum absolute atomic E-state index is 0.0710. The third-order valence-electron chi connectivity index (χ3n) is 4.94. The van der Waals surface area contributed by atoms with E-state index in [0.717, 1.165) is 43.4 Å². The zero-order valence-corrected chi connectivity index (χ0v) is 14.2. The van der Waals surface area contributed by atoms with Crippen molar-refractivity contribution >= 4 is 5.91 Å². The molecule has 0 radical (unpaired) electrons. The number of hydrogen-bond donors (Lipinski definition) is 2. The molecule has 0 spiro atoms. The van der Waals surface area contributed by atoms with Gasteiger partial charge >= 0.3 is 0 Å². The molecule has 5 heteroatoms. The summed E-state index contributed by atoms with van der Waals surface area (Å²) in [6, 6.07) is 10.0. The molecule has 24 heavy (non-hydrogen) atoms. The first kappa shape index (κ1) is 16.7. The first-order valence-electron chi connectivity index (χ1n) is 8.72. The van der Waals surface area contributed by atoms with E-state index in [9.17, 15) is 4.79 Å². The van der Waals surface area contributed by atoms with Crippen molar-refractivity contribution in [2.75, 3.05) is 6.54 Å². The molecule has 0 saturated heterocycles. The summed E-state index contributed by atoms with van der Waals surface area (Å²) >= 11 is 0. The average molecular weight is 326 g/mol. The molecule has 2 aromatic rings. The molecule has 1 fully saturated rings. The van der Waals surface area contributed by atoms with Gasteiger partial charge in [-0.05, 0) is 43.9 Å². The van der Waals surface area contributed by atoms with Crippen LogP contribution >= 0.6 is 0 Å². The molecule has 1 heterocycles. The summed E-state index contributed by atoms with van der Waals surface area (Å²) in [6.07, 6.45) is 8.67. The summed E-state index contributed by atoms with van der Waals surface area (Å²) in [7, 11) is 0. The van der Waals surface area contributed by atoms with Crippen LogP contribution < -0.4 is 11.1 Å². The van der Waals surface area contributed by atoms with Gasteiger partial charge in [-0.1, -0.05) is 31.0 Å². The van der Waals surface area contributed by atoms with Gasteiger partial charge in [0.05, 0.1) is 17.8 Å². The van der Waals surface area contributed by atoms with Gasteiger partial charge in [-0.2, -0.15) is 5.10 Å². The van der Waals surface area contributed by atoms with Gasteiger partial charge in [-0.25, -0.2) is 4.68 Å². The summed E-state index contributed by atoms with van der Waals surface area (Å²) < 4.78 is 1.86. The van der Waals surface area contributed by atoms with E-state index >= 15 is 0 Å². The number of aromatic nitrogens is 2. The molecule has 3 rings (SSSR count). The summed E-state index contributed by atoms with van der Waals surface area (Å²) in [4.78, 5) is 12.4. The van der Waals surface area contributed by atoms with Crippen LogP contribution in [-0.2, 0) is 11.2 Å². The Balaban J connectivity index is 1.52. The first-order valence-corrected chi connectivity index (χ1v) is 8.72. The number of nitrogens with one attached hydrogen (secondary N) is 1. The maximum absolute atomic E-state index is 12.4. The second kappa shape index (κ2) is 7.18. The Morgan fingerprint density at radius 1 is 1.38 bits per heavy atom. The zero-order chi connectivity index (χ0) is 17.0. The lowest BCUT2D eigenvalue weighted by molar-refractivity contribution is -0.128. The predicted molar refractivity (Wildman–Crippen MR) is 94.8 cm³/mol. The Hall–Kier alpha value is -2.14. The van der Waals surface area contributed by atoms with Crippen molar-refractivity contribution in [3.05, 3.63) is 48.3 Å². The number of amides is 1. The number of para-hydroxylation sites is 1. The van der Waals surface area contributed by atoms with Gasteiger partial charge in [0.2, 0.25) is 5.91 Å². The molecule has 0 bridgehead atoms. The summed E-state index contributed by atoms with van der Waals surface area (Å²) in [6.45, 7) is 2.62. The van der Waals surface area contributed by atoms with Crippen molar-refractivity contribution in [3.8, 4) is 5.69 Å². The molecule has 3 N–H and O–H groups in total. The van der Waals surface area contributed by atoms with Gasteiger partial charge in [0.25, 0.3) is 0 Å². The Labute approximate surface area is 143 Å². The highest BCUT2D eigenvalue weighted by Gasteiger charge is 2.37. The number of hydrogen-bond acceptors (Lipinski definition) is 3. The Morgan fingerprint density at radius 2 is 2.17 bits per heavy atom. The molecule has 1 aliphatic carbocycles. The molecule has 1 amide bonds. The van der Waals surface area contributed by atoms with E-state index in [1.807, 2.05) is 54.3 Å². The molecule has 128 valence electrons. The van der Waals surface area contributed by atoms with Crippen LogP contribution in [0.2, 0.25) is 0 Å². The molecule has 0 aliphatic heterocycles. The molecule has 5 nitrogen and oxygen atoms in total. The summed E-state index contributed by atoms with van der Waals surface area (Å²) in [5.74, 6) is 0.0217. The highest BCUT2D eigenvalue weighted by Crippen LogP contribution is 2.31. The van der Waals surface area contributed by atoms with Crippen LogP contribution in [0.4, 0.5) is 0 Å². The van der Waals surface area contributed by atoms with Crippen molar-refractivity contribution in [2.24, 2.45) is 11.7 Å². The quantitative estimate of drug-likeness (QED) is 0.886. The topological polar surface area (TPSA) is 72.9 Å². The third kappa shape index (κ3) is 3.85. The maximum atomic E-state index is 12.4. The molecular weight excluding hydrogens is 300 g/mol. The summed E-state index contributed by atoms with van der Waals surface area (Å²) in [5, 5.41) is 7.43. The lowest BCUT2D eigenvalue weighted by Gasteiger charge is -2.37. The molecule has 1 saturated carbocycles. The largest absolute Gasteiger partial charge is 0.355 e. The Morgan fingerprint density at radius 3 is 2.92 bits per heavy atom. The molecule has 2 unspecified atom stereocenters. The van der Waals surface area contributed by atoms with E-state index in [2.05, 4.69) is 10.4 Å². The van der Waals surface area contributed by atoms with Crippen LogP contribution in [0, 0.1) is 5.92 Å². The van der Waals surface area contributed by atoms with E-state index < -0.39 is 0 Å². The van der Waals surface area contributed by atoms with Crippen LogP contribution in [0.5, 0.6) is 0 Å². The normalized spacial score (nSPS) is 23.8. The predicted octanol–water partition coefficient (Wildman–Crippen LogP) is 2.44. The minimum Gasteiger partial charge on any atom is -0.355 e. The smallest absolute Gasteiger partial charge is 0.224 e. The molecule has 1 aromatic carbocycles. The number of nitrogens with zero attached hydrogens (tertiary/aromatic N) is 2. The van der Waals surface area contributed by atoms with Gasteiger partial charge in [0.1, 0.15) is 0 Å². The molecular formula is C19H26N4O. The van der Waals surface area contributed by atoms with Crippen LogP contribution in [0.25, 0.3) is 5.69 Å². The second-order valence-corrected chi connectivity index (χ2v) is 6.97. The maximum Gasteiger partial charge on any atom is 0.224 e. The number of rotatable bonds is 5. The van der Waals surface area contributed by atoms with Gasteiger partial charge in [0.15, 0.2) is 0 Å². The lowest BCUT2D eigenvalue weighted by Crippen LogP contribution is -2.53. The monoisotopic (exact) mass is 326 g/mol. The van der Waals surface area contributed by atoms with Crippen molar-refractivity contribution in [2.45, 2.75) is 44.6 Å². The van der Waals surface area contributed by atoms with E-state index in [-0.39, 0.29) is 17.4 Å². The fourth-order valence-corrected chi connectivity index (χ4v) is 3.45. The SMILES string of the molecule is CC1(N)CCCCC1C(=O)NCCc1cnn(-c2ccccc2)c1. The fourth-order valence-electron chi connectivity index (χ4n) is 3.45. The van der Waals surface area contributed by atoms with Crippen molar-refractivity contribution in [3.63, 3.8) is 0 Å². The van der Waals surface area contributed by atoms with Crippen LogP contribution in [0.3, 0.4) is 0 Å². The van der Waals surface area contributed by atoms with Gasteiger partial charge < -0.3 is 11.1 Å². The standard InChI is InChI=1S/C19H26N4O/c1-19(20)11-6-5-9-17(19)18(24)21-12-10-15-13-22-23(14-15)16-7-3-2-4-8-16/h2-4,7-8,13-14,17H,5-6,9-12,20H2,1H3,(H,21,24). The first-order chi connectivity index (χ1) is 11.6. The fraction of sp³-hybridized carbons (Fsp3) is 0.474. The zero-order valence-electron chi connectivity index (χ0n) is 14.2. The molecule has 1 aromatic heterocycles. The second-order valence-electron chi connectivity index (χ2n) is 6.97. The van der Waals surface area contributed by atoms with Gasteiger partial charge in [0, 0.05) is 18.3 Å². The number of carbonyl (C=O) groups is 1. The number of carbonyl (C=O) groups excluding carboxylic acids is 1. The third-order valence-corrected chi connectivity index (χ3v) is 4.94. The number of nitrogens with two attached hydrogens (primary N) is 1. The minimum atomic E-state index is -0.374. The van der Waals surface area contributed by atoms with Gasteiger partial charge in [-0.15, -0.1) is 0 Å². The van der Waals surface area contributed by atoms with Crippen molar-refractivity contribution < 1.29 is 4.79 Å². The van der Waals surface area contributed by atoms with Crippen molar-refractivity contribution in [1.29, 1.82) is 0 Å². The Bertz CT molecular complexity index is 678. The lowest BCUT2D eigenvalue weighted by atomic mass is 9.74. The summed E-state index contributed by atoms with van der Waals surface area (Å²) in [5.41, 5.74) is 8.07.